The summed E-state index contributed by atoms with van der Waals surface area (Å²) in [6.07, 6.45) is -6.66. The maximum absolute atomic E-state index is 13.2. The first-order valence-electron chi connectivity index (χ1n) is 10.3. The van der Waals surface area contributed by atoms with E-state index in [0.29, 0.717) is 22.2 Å². The highest BCUT2D eigenvalue weighted by Crippen LogP contribution is 2.36. The minimum Gasteiger partial charge on any atom is -0.447 e. The van der Waals surface area contributed by atoms with Gasteiger partial charge in [0.05, 0.1) is 17.0 Å². The summed E-state index contributed by atoms with van der Waals surface area (Å²) < 4.78 is 44.8. The van der Waals surface area contributed by atoms with E-state index in [0.717, 1.165) is 6.07 Å². The minimum atomic E-state index is -4.72. The Bertz CT molecular complexity index is 1220. The van der Waals surface area contributed by atoms with Crippen molar-refractivity contribution in [2.45, 2.75) is 25.1 Å². The van der Waals surface area contributed by atoms with Crippen molar-refractivity contribution < 1.29 is 32.3 Å². The molecule has 1 amide bonds. The van der Waals surface area contributed by atoms with Crippen molar-refractivity contribution in [1.29, 1.82) is 0 Å². The Balaban J connectivity index is 1.72. The van der Waals surface area contributed by atoms with Crippen LogP contribution < -0.4 is 5.32 Å². The molecule has 1 N–H and O–H groups in total. The molecule has 0 aliphatic rings. The Kier molecular flexibility index (Phi) is 8.53. The van der Waals surface area contributed by atoms with Crippen molar-refractivity contribution in [3.63, 3.8) is 0 Å². The topological polar surface area (TPSA) is 72.5 Å². The van der Waals surface area contributed by atoms with Crippen LogP contribution in [0.15, 0.2) is 72.8 Å². The van der Waals surface area contributed by atoms with Crippen LogP contribution in [0.4, 0.5) is 18.9 Å². The fourth-order valence-corrected chi connectivity index (χ4v) is 3.47. The second-order valence-corrected chi connectivity index (χ2v) is 8.24. The lowest BCUT2D eigenvalue weighted by Crippen LogP contribution is -2.26. The number of ether oxygens (including phenoxy) is 1. The fraction of sp³-hybridized carbons (Fsp3) is 0.160. The lowest BCUT2D eigenvalue weighted by molar-refractivity contribution is -0.154. The smallest absolute Gasteiger partial charge is 0.417 e. The molecule has 0 heterocycles. The van der Waals surface area contributed by atoms with Gasteiger partial charge in [-0.05, 0) is 42.5 Å². The molecule has 0 radical (unpaired) electrons. The second kappa shape index (κ2) is 11.4. The van der Waals surface area contributed by atoms with Gasteiger partial charge in [0.25, 0.3) is 5.91 Å². The molecular weight excluding hydrogens is 506 g/mol. The summed E-state index contributed by atoms with van der Waals surface area (Å²) in [5, 5.41) is 2.26. The van der Waals surface area contributed by atoms with Gasteiger partial charge in [-0.15, -0.1) is 0 Å². The zero-order valence-corrected chi connectivity index (χ0v) is 19.5. The average molecular weight is 524 g/mol. The number of anilines is 1. The minimum absolute atomic E-state index is 0.171. The molecule has 3 aromatic rings. The number of carbonyl (C=O) groups excluding carboxylic acids is 3. The number of hydrogen-bond acceptors (Lipinski definition) is 4. The first kappa shape index (κ1) is 26.2. The van der Waals surface area contributed by atoms with Gasteiger partial charge in [0.1, 0.15) is 0 Å². The predicted octanol–water partition coefficient (Wildman–Crippen LogP) is 6.90. The van der Waals surface area contributed by atoms with E-state index in [1.54, 1.807) is 30.3 Å². The molecule has 0 fully saturated rings. The molecule has 0 aliphatic heterocycles. The van der Waals surface area contributed by atoms with E-state index in [1.807, 2.05) is 0 Å². The molecule has 0 saturated carbocycles. The number of ketones is 1. The van der Waals surface area contributed by atoms with Crippen LogP contribution in [0.5, 0.6) is 0 Å². The van der Waals surface area contributed by atoms with Crippen molar-refractivity contribution in [1.82, 2.24) is 0 Å². The molecule has 0 aromatic heterocycles. The van der Waals surface area contributed by atoms with Crippen molar-refractivity contribution >= 4 is 46.5 Å². The van der Waals surface area contributed by atoms with Crippen LogP contribution in [0.25, 0.3) is 0 Å². The maximum atomic E-state index is 13.2. The first-order chi connectivity index (χ1) is 16.5. The standard InChI is InChI=1S/C25H18Cl2F3NO4/c26-17-8-6-15(7-9-17)21(32)12-13-22(33)35-23(16-4-2-1-3-5-16)24(34)31-18-10-11-20(27)19(14-18)25(28,29)30/h1-11,14,23H,12-13H2,(H,31,34)/t23-/m0/s1. The normalized spacial score (nSPS) is 12.0. The molecule has 0 bridgehead atoms. The summed E-state index contributed by atoms with van der Waals surface area (Å²) in [6, 6.07) is 17.0. The highest BCUT2D eigenvalue weighted by molar-refractivity contribution is 6.31. The lowest BCUT2D eigenvalue weighted by Gasteiger charge is -2.19. The van der Waals surface area contributed by atoms with E-state index >= 15 is 0 Å². The lowest BCUT2D eigenvalue weighted by atomic mass is 10.1. The van der Waals surface area contributed by atoms with Crippen LogP contribution in [0.2, 0.25) is 10.0 Å². The Hall–Kier alpha value is -3.36. The average Bonchev–Trinajstić information content (AvgIpc) is 2.82. The third-order valence-electron chi connectivity index (χ3n) is 4.85. The number of rotatable bonds is 8. The summed E-state index contributed by atoms with van der Waals surface area (Å²) in [4.78, 5) is 37.7. The van der Waals surface area contributed by atoms with E-state index in [1.165, 1.54) is 30.3 Å². The Morgan fingerprint density at radius 1 is 0.886 bits per heavy atom. The van der Waals surface area contributed by atoms with Gasteiger partial charge in [-0.3, -0.25) is 14.4 Å². The van der Waals surface area contributed by atoms with Gasteiger partial charge in [-0.2, -0.15) is 13.2 Å². The quantitative estimate of drug-likeness (QED) is 0.257. The molecule has 3 aromatic carbocycles. The number of Topliss-reactive ketones (excluding diaryl/α,β-unsaturated/α-hetero) is 1. The molecular formula is C25H18Cl2F3NO4. The molecule has 182 valence electrons. The predicted molar refractivity (Wildman–Crippen MR) is 125 cm³/mol. The number of hydrogen-bond donors (Lipinski definition) is 1. The van der Waals surface area contributed by atoms with Gasteiger partial charge >= 0.3 is 12.1 Å². The number of alkyl halides is 3. The second-order valence-electron chi connectivity index (χ2n) is 7.39. The molecule has 3 rings (SSSR count). The summed E-state index contributed by atoms with van der Waals surface area (Å²) in [5.41, 5.74) is -0.636. The Labute approximate surface area is 208 Å². The van der Waals surface area contributed by atoms with Crippen molar-refractivity contribution in [3.8, 4) is 0 Å². The summed E-state index contributed by atoms with van der Waals surface area (Å²) in [5.74, 6) is -2.02. The zero-order chi connectivity index (χ0) is 25.6. The Morgan fingerprint density at radius 2 is 1.54 bits per heavy atom. The number of carbonyl (C=O) groups is 3. The van der Waals surface area contributed by atoms with Crippen LogP contribution in [0.1, 0.15) is 40.4 Å². The third-order valence-corrected chi connectivity index (χ3v) is 5.43. The van der Waals surface area contributed by atoms with E-state index < -0.39 is 34.7 Å². The number of amides is 1. The van der Waals surface area contributed by atoms with Gasteiger partial charge in [0.2, 0.25) is 6.10 Å². The maximum Gasteiger partial charge on any atom is 0.417 e. The first-order valence-corrected chi connectivity index (χ1v) is 11.0. The number of esters is 1. The van der Waals surface area contributed by atoms with E-state index in [2.05, 4.69) is 5.32 Å². The Morgan fingerprint density at radius 3 is 2.17 bits per heavy atom. The highest BCUT2D eigenvalue weighted by atomic mass is 35.5. The van der Waals surface area contributed by atoms with Gasteiger partial charge in [0.15, 0.2) is 5.78 Å². The van der Waals surface area contributed by atoms with E-state index in [4.69, 9.17) is 27.9 Å². The molecule has 0 saturated heterocycles. The van der Waals surface area contributed by atoms with Crippen molar-refractivity contribution in [2.75, 3.05) is 5.32 Å². The number of benzene rings is 3. The molecule has 1 atom stereocenters. The van der Waals surface area contributed by atoms with Gasteiger partial charge in [0, 0.05) is 28.3 Å². The van der Waals surface area contributed by atoms with E-state index in [9.17, 15) is 27.6 Å². The molecule has 0 unspecified atom stereocenters. The van der Waals surface area contributed by atoms with Crippen molar-refractivity contribution in [3.05, 3.63) is 99.5 Å². The SMILES string of the molecule is O=C(CCC(=O)c1ccc(Cl)cc1)O[C@H](C(=O)Nc1ccc(Cl)c(C(F)(F)F)c1)c1ccccc1. The van der Waals surface area contributed by atoms with Gasteiger partial charge < -0.3 is 10.1 Å². The number of halogens is 5. The van der Waals surface area contributed by atoms with Crippen molar-refractivity contribution in [2.24, 2.45) is 0 Å². The highest BCUT2D eigenvalue weighted by Gasteiger charge is 2.34. The molecule has 10 heteroatoms. The molecule has 35 heavy (non-hydrogen) atoms. The zero-order valence-electron chi connectivity index (χ0n) is 17.9. The monoisotopic (exact) mass is 523 g/mol. The molecule has 0 spiro atoms. The van der Waals surface area contributed by atoms with E-state index in [-0.39, 0.29) is 24.3 Å². The summed E-state index contributed by atoms with van der Waals surface area (Å²) >= 11 is 11.4. The van der Waals surface area contributed by atoms with Gasteiger partial charge in [-0.25, -0.2) is 0 Å². The van der Waals surface area contributed by atoms with Crippen LogP contribution in [0.3, 0.4) is 0 Å². The number of nitrogens with one attached hydrogen (secondary N) is 1. The molecule has 5 nitrogen and oxygen atoms in total. The van der Waals surface area contributed by atoms with Crippen LogP contribution >= 0.6 is 23.2 Å². The van der Waals surface area contributed by atoms with Crippen LogP contribution in [-0.4, -0.2) is 17.7 Å². The summed E-state index contributed by atoms with van der Waals surface area (Å²) in [7, 11) is 0. The fourth-order valence-electron chi connectivity index (χ4n) is 3.11. The molecule has 0 aliphatic carbocycles. The largest absolute Gasteiger partial charge is 0.447 e. The van der Waals surface area contributed by atoms with Crippen LogP contribution in [-0.2, 0) is 20.5 Å². The summed E-state index contributed by atoms with van der Waals surface area (Å²) in [6.45, 7) is 0. The van der Waals surface area contributed by atoms with Crippen LogP contribution in [0, 0.1) is 0 Å². The third kappa shape index (κ3) is 7.31. The van der Waals surface area contributed by atoms with Gasteiger partial charge in [-0.1, -0.05) is 53.5 Å².